The molecule has 4 nitrogen and oxygen atoms in total. The first-order chi connectivity index (χ1) is 10.1. The monoisotopic (exact) mass is 296 g/mol. The maximum atomic E-state index is 12.2. The summed E-state index contributed by atoms with van der Waals surface area (Å²) in [5, 5.41) is 3.27. The van der Waals surface area contributed by atoms with Crippen LogP contribution in [0, 0.1) is 0 Å². The smallest absolute Gasteiger partial charge is 0.326 e. The number of ether oxygens (including phenoxy) is 1. The maximum absolute atomic E-state index is 12.2. The first kappa shape index (κ1) is 16.8. The second-order valence-corrected chi connectivity index (χ2v) is 6.88. The lowest BCUT2D eigenvalue weighted by Gasteiger charge is -2.44. The van der Waals surface area contributed by atoms with Gasteiger partial charge in [0.2, 0.25) is 0 Å². The van der Waals surface area contributed by atoms with Crippen LogP contribution >= 0.6 is 0 Å². The summed E-state index contributed by atoms with van der Waals surface area (Å²) in [6.07, 6.45) is 12.2. The average Bonchev–Trinajstić information content (AvgIpc) is 2.82. The molecule has 1 N–H and O–H groups in total. The first-order valence-electron chi connectivity index (χ1n) is 8.62. The molecule has 2 aliphatic carbocycles. The van der Waals surface area contributed by atoms with E-state index in [0.717, 1.165) is 19.3 Å². The molecule has 0 aliphatic heterocycles. The van der Waals surface area contributed by atoms with Crippen LogP contribution in [0.4, 0.5) is 0 Å². The van der Waals surface area contributed by atoms with E-state index in [0.29, 0.717) is 12.1 Å². The third-order valence-corrected chi connectivity index (χ3v) is 5.76. The third kappa shape index (κ3) is 3.78. The molecule has 122 valence electrons. The zero-order chi connectivity index (χ0) is 15.3. The fourth-order valence-electron chi connectivity index (χ4n) is 4.27. The lowest BCUT2D eigenvalue weighted by molar-refractivity contribution is -0.151. The molecule has 0 aromatic carbocycles. The number of rotatable bonds is 4. The Kier molecular flexibility index (Phi) is 6.06. The highest BCUT2D eigenvalue weighted by atomic mass is 16.5. The molecule has 2 atom stereocenters. The highest BCUT2D eigenvalue weighted by Crippen LogP contribution is 2.34. The Bertz CT molecular complexity index is 340. The Morgan fingerprint density at radius 2 is 1.71 bits per heavy atom. The zero-order valence-electron chi connectivity index (χ0n) is 14.0. The molecule has 2 saturated carbocycles. The molecule has 0 amide bonds. The number of esters is 1. The summed E-state index contributed by atoms with van der Waals surface area (Å²) in [4.78, 5) is 14.8. The number of carbonyl (C=O) groups is 1. The fourth-order valence-corrected chi connectivity index (χ4v) is 4.27. The summed E-state index contributed by atoms with van der Waals surface area (Å²) in [5.74, 6) is -0.0935. The van der Waals surface area contributed by atoms with E-state index in [1.165, 1.54) is 52.1 Å². The van der Waals surface area contributed by atoms with Crippen LogP contribution < -0.4 is 5.32 Å². The van der Waals surface area contributed by atoms with Crippen molar-refractivity contribution >= 4 is 5.97 Å². The van der Waals surface area contributed by atoms with Crippen LogP contribution in [0.5, 0.6) is 0 Å². The summed E-state index contributed by atoms with van der Waals surface area (Å²) in [6.45, 7) is 0. The van der Waals surface area contributed by atoms with Crippen molar-refractivity contribution in [3.8, 4) is 0 Å². The van der Waals surface area contributed by atoms with Crippen molar-refractivity contribution in [3.05, 3.63) is 0 Å². The van der Waals surface area contributed by atoms with E-state index >= 15 is 0 Å². The largest absolute Gasteiger partial charge is 0.468 e. The number of nitrogens with zero attached hydrogens (tertiary/aromatic N) is 1. The zero-order valence-corrected chi connectivity index (χ0v) is 14.0. The molecule has 0 spiro atoms. The summed E-state index contributed by atoms with van der Waals surface area (Å²) >= 11 is 0. The van der Waals surface area contributed by atoms with Gasteiger partial charge in [-0.25, -0.2) is 0 Å². The molecule has 0 saturated heterocycles. The second kappa shape index (κ2) is 7.59. The van der Waals surface area contributed by atoms with E-state index in [9.17, 15) is 4.79 Å². The van der Waals surface area contributed by atoms with Gasteiger partial charge < -0.3 is 15.0 Å². The molecule has 2 fully saturated rings. The minimum atomic E-state index is -0.476. The number of hydrogen-bond donors (Lipinski definition) is 1. The molecule has 0 heterocycles. The van der Waals surface area contributed by atoms with Gasteiger partial charge in [0, 0.05) is 12.1 Å². The minimum Gasteiger partial charge on any atom is -0.468 e. The summed E-state index contributed by atoms with van der Waals surface area (Å²) in [6, 6.07) is 1.19. The first-order valence-corrected chi connectivity index (χ1v) is 8.62. The number of nitrogens with one attached hydrogen (secondary N) is 1. The number of hydrogen-bond acceptors (Lipinski definition) is 4. The molecule has 0 aromatic heterocycles. The van der Waals surface area contributed by atoms with Gasteiger partial charge in [0.1, 0.15) is 5.54 Å². The fraction of sp³-hybridized carbons (Fsp3) is 0.941. The van der Waals surface area contributed by atoms with Gasteiger partial charge in [-0.2, -0.15) is 0 Å². The molecule has 2 rings (SSSR count). The molecule has 21 heavy (non-hydrogen) atoms. The van der Waals surface area contributed by atoms with Gasteiger partial charge in [0.05, 0.1) is 7.11 Å². The standard InChI is InChI=1S/C17H32N2O2/c1-18-17(16(20)21-3)12-8-11-15(13-17)19(2)14-9-6-4-5-7-10-14/h14-15,18H,4-13H2,1-3H3. The van der Waals surface area contributed by atoms with E-state index in [1.807, 2.05) is 7.05 Å². The van der Waals surface area contributed by atoms with Crippen molar-refractivity contribution in [2.45, 2.75) is 81.8 Å². The minimum absolute atomic E-state index is 0.0935. The number of likely N-dealkylation sites (N-methyl/N-ethyl adjacent to an activating group) is 1. The Hall–Kier alpha value is -0.610. The van der Waals surface area contributed by atoms with Crippen LogP contribution in [0.2, 0.25) is 0 Å². The van der Waals surface area contributed by atoms with Gasteiger partial charge in [-0.3, -0.25) is 4.79 Å². The maximum Gasteiger partial charge on any atom is 0.326 e. The Morgan fingerprint density at radius 3 is 2.29 bits per heavy atom. The number of carbonyl (C=O) groups excluding carboxylic acids is 1. The molecule has 4 heteroatoms. The summed E-state index contributed by atoms with van der Waals surface area (Å²) in [5.41, 5.74) is -0.476. The van der Waals surface area contributed by atoms with Gasteiger partial charge in [-0.05, 0) is 52.6 Å². The van der Waals surface area contributed by atoms with Gasteiger partial charge in [-0.15, -0.1) is 0 Å². The van der Waals surface area contributed by atoms with Crippen LogP contribution in [0.3, 0.4) is 0 Å². The topological polar surface area (TPSA) is 41.6 Å². The number of methoxy groups -OCH3 is 1. The van der Waals surface area contributed by atoms with Crippen LogP contribution in [0.25, 0.3) is 0 Å². The van der Waals surface area contributed by atoms with Crippen LogP contribution in [-0.2, 0) is 9.53 Å². The highest BCUT2D eigenvalue weighted by Gasteiger charge is 2.44. The predicted octanol–water partition coefficient (Wildman–Crippen LogP) is 2.71. The van der Waals surface area contributed by atoms with Gasteiger partial charge in [0.15, 0.2) is 0 Å². The van der Waals surface area contributed by atoms with Gasteiger partial charge in [-0.1, -0.05) is 25.7 Å². The molecule has 0 bridgehead atoms. The Balaban J connectivity index is 2.03. The Labute approximate surface area is 129 Å². The lowest BCUT2D eigenvalue weighted by Crippen LogP contribution is -2.58. The quantitative estimate of drug-likeness (QED) is 0.640. The van der Waals surface area contributed by atoms with E-state index in [-0.39, 0.29) is 5.97 Å². The molecule has 0 aromatic rings. The molecule has 2 aliphatic rings. The Morgan fingerprint density at radius 1 is 1.10 bits per heavy atom. The van der Waals surface area contributed by atoms with E-state index in [4.69, 9.17) is 4.74 Å². The van der Waals surface area contributed by atoms with Crippen LogP contribution in [0.1, 0.15) is 64.2 Å². The normalized spacial score (nSPS) is 31.9. The predicted molar refractivity (Wildman–Crippen MR) is 85.3 cm³/mol. The third-order valence-electron chi connectivity index (χ3n) is 5.76. The lowest BCUT2D eigenvalue weighted by atomic mass is 9.78. The molecular weight excluding hydrogens is 264 g/mol. The van der Waals surface area contributed by atoms with Crippen molar-refractivity contribution in [1.82, 2.24) is 10.2 Å². The SMILES string of the molecule is CNC1(C(=O)OC)CCCC(N(C)C2CCCCCC2)C1. The molecule has 0 radical (unpaired) electrons. The van der Waals surface area contributed by atoms with Gasteiger partial charge >= 0.3 is 5.97 Å². The van der Waals surface area contributed by atoms with E-state index in [1.54, 1.807) is 0 Å². The highest BCUT2D eigenvalue weighted by molar-refractivity contribution is 5.81. The molecule has 2 unspecified atom stereocenters. The summed E-state index contributed by atoms with van der Waals surface area (Å²) < 4.78 is 5.06. The van der Waals surface area contributed by atoms with Crippen LogP contribution in [0.15, 0.2) is 0 Å². The molecular formula is C17H32N2O2. The van der Waals surface area contributed by atoms with Crippen molar-refractivity contribution in [1.29, 1.82) is 0 Å². The van der Waals surface area contributed by atoms with Crippen molar-refractivity contribution < 1.29 is 9.53 Å². The van der Waals surface area contributed by atoms with Gasteiger partial charge in [0.25, 0.3) is 0 Å². The second-order valence-electron chi connectivity index (χ2n) is 6.88. The average molecular weight is 296 g/mol. The van der Waals surface area contributed by atoms with Crippen molar-refractivity contribution in [2.75, 3.05) is 21.2 Å². The van der Waals surface area contributed by atoms with Crippen molar-refractivity contribution in [2.24, 2.45) is 0 Å². The van der Waals surface area contributed by atoms with Crippen LogP contribution in [-0.4, -0.2) is 49.7 Å². The van der Waals surface area contributed by atoms with E-state index < -0.39 is 5.54 Å². The van der Waals surface area contributed by atoms with Crippen molar-refractivity contribution in [3.63, 3.8) is 0 Å². The summed E-state index contributed by atoms with van der Waals surface area (Å²) in [7, 11) is 5.66. The van der Waals surface area contributed by atoms with E-state index in [2.05, 4.69) is 17.3 Å².